The summed E-state index contributed by atoms with van der Waals surface area (Å²) in [5, 5.41) is 20.4. The van der Waals surface area contributed by atoms with Gasteiger partial charge >= 0.3 is 0 Å². The summed E-state index contributed by atoms with van der Waals surface area (Å²) in [5.74, 6) is 0.572. The average Bonchev–Trinajstić information content (AvgIpc) is 2.70. The molecule has 146 valence electrons. The minimum Gasteiger partial charge on any atom is -0.506 e. The molecule has 0 fully saturated rings. The molecule has 0 unspecified atom stereocenters. The van der Waals surface area contributed by atoms with Gasteiger partial charge in [0.2, 0.25) is 10.0 Å². The van der Waals surface area contributed by atoms with Gasteiger partial charge in [0.05, 0.1) is 9.92 Å². The van der Waals surface area contributed by atoms with Crippen LogP contribution >= 0.6 is 11.6 Å². The van der Waals surface area contributed by atoms with Crippen LogP contribution in [0.1, 0.15) is 0 Å². The zero-order valence-electron chi connectivity index (χ0n) is 15.0. The quantitative estimate of drug-likeness (QED) is 0.441. The molecular weight excluding hydrogens is 410 g/mol. The molecule has 8 heteroatoms. The number of hydrogen-bond donors (Lipinski definition) is 3. The van der Waals surface area contributed by atoms with Crippen molar-refractivity contribution >= 4 is 43.9 Å². The van der Waals surface area contributed by atoms with Crippen LogP contribution in [0, 0.1) is 0 Å². The molecule has 0 aliphatic carbocycles. The number of aromatic hydroxyl groups is 1. The van der Waals surface area contributed by atoms with E-state index in [0.29, 0.717) is 11.5 Å². The lowest BCUT2D eigenvalue weighted by atomic mass is 9.99. The van der Waals surface area contributed by atoms with E-state index >= 15 is 0 Å². The number of halogens is 1. The Morgan fingerprint density at radius 1 is 0.966 bits per heavy atom. The van der Waals surface area contributed by atoms with Crippen LogP contribution in [0.3, 0.4) is 0 Å². The van der Waals surface area contributed by atoms with Gasteiger partial charge in [0, 0.05) is 17.3 Å². The van der Waals surface area contributed by atoms with Gasteiger partial charge in [0.25, 0.3) is 0 Å². The molecule has 4 rings (SSSR count). The van der Waals surface area contributed by atoms with Crippen molar-refractivity contribution in [2.45, 2.75) is 4.90 Å². The Bertz CT molecular complexity index is 1340. The van der Waals surface area contributed by atoms with E-state index in [2.05, 4.69) is 10.3 Å². The van der Waals surface area contributed by atoms with Crippen molar-refractivity contribution in [3.05, 3.63) is 77.9 Å². The monoisotopic (exact) mass is 425 g/mol. The van der Waals surface area contributed by atoms with E-state index in [1.165, 1.54) is 12.1 Å². The summed E-state index contributed by atoms with van der Waals surface area (Å²) in [6.07, 6.45) is 1.66. The van der Waals surface area contributed by atoms with Crippen molar-refractivity contribution in [2.24, 2.45) is 5.14 Å². The molecule has 0 radical (unpaired) electrons. The fourth-order valence-electron chi connectivity index (χ4n) is 3.13. The van der Waals surface area contributed by atoms with Crippen molar-refractivity contribution in [1.82, 2.24) is 4.98 Å². The van der Waals surface area contributed by atoms with Gasteiger partial charge in [-0.25, -0.2) is 18.5 Å². The molecule has 3 aromatic carbocycles. The van der Waals surface area contributed by atoms with Crippen molar-refractivity contribution < 1.29 is 13.5 Å². The zero-order valence-corrected chi connectivity index (χ0v) is 16.6. The largest absolute Gasteiger partial charge is 0.506 e. The smallest absolute Gasteiger partial charge is 0.238 e. The van der Waals surface area contributed by atoms with E-state index in [9.17, 15) is 13.5 Å². The van der Waals surface area contributed by atoms with Crippen molar-refractivity contribution in [3.8, 4) is 16.9 Å². The molecule has 1 aromatic heterocycles. The number of nitrogens with zero attached hydrogens (tertiary/aromatic N) is 1. The van der Waals surface area contributed by atoms with Crippen LogP contribution in [0.15, 0.2) is 77.8 Å². The van der Waals surface area contributed by atoms with Gasteiger partial charge in [-0.3, -0.25) is 0 Å². The predicted molar refractivity (Wildman–Crippen MR) is 115 cm³/mol. The molecular formula is C21H16ClN3O3S. The highest BCUT2D eigenvalue weighted by atomic mass is 35.5. The number of rotatable bonds is 4. The van der Waals surface area contributed by atoms with Gasteiger partial charge in [-0.15, -0.1) is 0 Å². The molecule has 0 saturated heterocycles. The molecule has 0 bridgehead atoms. The molecule has 29 heavy (non-hydrogen) atoms. The van der Waals surface area contributed by atoms with Gasteiger partial charge in [-0.1, -0.05) is 41.9 Å². The normalized spacial score (nSPS) is 11.5. The summed E-state index contributed by atoms with van der Waals surface area (Å²) in [7, 11) is -3.81. The summed E-state index contributed by atoms with van der Waals surface area (Å²) >= 11 is 5.92. The van der Waals surface area contributed by atoms with Crippen LogP contribution in [0.5, 0.6) is 5.75 Å². The van der Waals surface area contributed by atoms with E-state index in [4.69, 9.17) is 16.7 Å². The lowest BCUT2D eigenvalue weighted by molar-refractivity contribution is 0.476. The highest BCUT2D eigenvalue weighted by molar-refractivity contribution is 7.89. The zero-order chi connectivity index (χ0) is 20.6. The number of primary sulfonamides is 1. The summed E-state index contributed by atoms with van der Waals surface area (Å²) < 4.78 is 23.2. The molecule has 6 nitrogen and oxygen atoms in total. The first-order valence-corrected chi connectivity index (χ1v) is 10.5. The fraction of sp³-hybridized carbons (Fsp3) is 0. The third kappa shape index (κ3) is 3.88. The second kappa shape index (κ2) is 7.36. The van der Waals surface area contributed by atoms with Crippen molar-refractivity contribution in [2.75, 3.05) is 5.32 Å². The number of aromatic nitrogens is 1. The number of phenols is 1. The topological polar surface area (TPSA) is 105 Å². The van der Waals surface area contributed by atoms with E-state index in [1.54, 1.807) is 30.5 Å². The Morgan fingerprint density at radius 3 is 2.52 bits per heavy atom. The Kier molecular flexibility index (Phi) is 4.87. The Balaban J connectivity index is 1.81. The summed E-state index contributed by atoms with van der Waals surface area (Å²) in [5.41, 5.74) is 2.26. The average molecular weight is 426 g/mol. The van der Waals surface area contributed by atoms with Gasteiger partial charge in [0.1, 0.15) is 11.6 Å². The Labute approximate surface area is 172 Å². The minimum absolute atomic E-state index is 0.00776. The molecule has 0 aliphatic rings. The molecule has 1 heterocycles. The van der Waals surface area contributed by atoms with Crippen LogP contribution in [0.25, 0.3) is 21.9 Å². The molecule has 0 amide bonds. The van der Waals surface area contributed by atoms with E-state index < -0.39 is 10.0 Å². The number of anilines is 2. The number of phenolic OH excluding ortho intramolecular Hbond substituents is 1. The number of hydrogen-bond acceptors (Lipinski definition) is 5. The van der Waals surface area contributed by atoms with E-state index in [0.717, 1.165) is 21.9 Å². The molecule has 0 aliphatic heterocycles. The van der Waals surface area contributed by atoms with Crippen LogP contribution < -0.4 is 10.5 Å². The summed E-state index contributed by atoms with van der Waals surface area (Å²) in [6.45, 7) is 0. The predicted octanol–water partition coefficient (Wildman–Crippen LogP) is 4.65. The number of benzene rings is 3. The van der Waals surface area contributed by atoms with Crippen LogP contribution in [0.2, 0.25) is 5.02 Å². The Hall–Kier alpha value is -3.13. The number of pyridine rings is 1. The fourth-order valence-corrected chi connectivity index (χ4v) is 3.80. The molecule has 4 aromatic rings. The van der Waals surface area contributed by atoms with Gasteiger partial charge in [0.15, 0.2) is 0 Å². The standard InChI is InChI=1S/C21H16ClN3O3S/c22-19-8-7-13(11-20(19)26)16-5-2-6-18-17(16)9-10-24-21(18)25-14-3-1-4-15(12-14)29(23,27)28/h1-12,26H,(H,24,25)(H2,23,27,28). The number of sulfonamides is 1. The maximum atomic E-state index is 11.6. The summed E-state index contributed by atoms with van der Waals surface area (Å²) in [6, 6.07) is 18.9. The molecule has 0 saturated carbocycles. The Morgan fingerprint density at radius 2 is 1.76 bits per heavy atom. The highest BCUT2D eigenvalue weighted by Gasteiger charge is 2.12. The first kappa shape index (κ1) is 19.2. The highest BCUT2D eigenvalue weighted by Crippen LogP contribution is 2.35. The van der Waals surface area contributed by atoms with Gasteiger partial charge in [-0.05, 0) is 52.9 Å². The van der Waals surface area contributed by atoms with Crippen LogP contribution in [0.4, 0.5) is 11.5 Å². The first-order chi connectivity index (χ1) is 13.8. The van der Waals surface area contributed by atoms with Gasteiger partial charge in [-0.2, -0.15) is 0 Å². The number of nitrogens with two attached hydrogens (primary N) is 1. The number of nitrogens with one attached hydrogen (secondary N) is 1. The van der Waals surface area contributed by atoms with Crippen LogP contribution in [-0.2, 0) is 10.0 Å². The lowest BCUT2D eigenvalue weighted by Crippen LogP contribution is -2.12. The number of fused-ring (bicyclic) bond motifs is 1. The lowest BCUT2D eigenvalue weighted by Gasteiger charge is -2.13. The SMILES string of the molecule is NS(=O)(=O)c1cccc(Nc2nccc3c(-c4ccc(Cl)c(O)c4)cccc23)c1. The first-order valence-electron chi connectivity index (χ1n) is 8.59. The van der Waals surface area contributed by atoms with Gasteiger partial charge < -0.3 is 10.4 Å². The minimum atomic E-state index is -3.81. The van der Waals surface area contributed by atoms with Crippen molar-refractivity contribution in [3.63, 3.8) is 0 Å². The third-order valence-corrected chi connectivity index (χ3v) is 5.72. The van der Waals surface area contributed by atoms with Crippen molar-refractivity contribution in [1.29, 1.82) is 0 Å². The molecule has 0 spiro atoms. The second-order valence-corrected chi connectivity index (χ2v) is 8.39. The molecule has 0 atom stereocenters. The summed E-state index contributed by atoms with van der Waals surface area (Å²) in [4.78, 5) is 4.41. The second-order valence-electron chi connectivity index (χ2n) is 6.42. The van der Waals surface area contributed by atoms with E-state index in [1.807, 2.05) is 30.3 Å². The maximum absolute atomic E-state index is 11.6. The van der Waals surface area contributed by atoms with Crippen LogP contribution in [-0.4, -0.2) is 18.5 Å². The van der Waals surface area contributed by atoms with E-state index in [-0.39, 0.29) is 15.7 Å². The maximum Gasteiger partial charge on any atom is 0.238 e. The molecule has 4 N–H and O–H groups in total. The third-order valence-electron chi connectivity index (χ3n) is 4.49.